The maximum atomic E-state index is 11.9. The lowest BCUT2D eigenvalue weighted by atomic mass is 10.0. The van der Waals surface area contributed by atoms with E-state index in [1.165, 1.54) is 5.56 Å². The van der Waals surface area contributed by atoms with Gasteiger partial charge in [-0.2, -0.15) is 0 Å². The Morgan fingerprint density at radius 1 is 1.21 bits per heavy atom. The Hall–Kier alpha value is -1.35. The first-order chi connectivity index (χ1) is 8.95. The highest BCUT2D eigenvalue weighted by Gasteiger charge is 2.14. The average molecular weight is 263 g/mol. The van der Waals surface area contributed by atoms with E-state index in [0.29, 0.717) is 18.0 Å². The second kappa shape index (κ2) is 7.29. The summed E-state index contributed by atoms with van der Waals surface area (Å²) in [4.78, 5) is 11.9. The van der Waals surface area contributed by atoms with Crippen LogP contribution in [0.1, 0.15) is 56.0 Å². The zero-order valence-corrected chi connectivity index (χ0v) is 12.3. The average Bonchev–Trinajstić information content (AvgIpc) is 2.43. The molecular formula is C16H25NO2. The molecule has 3 heteroatoms. The molecule has 0 spiro atoms. The fraction of sp³-hybridized carbons (Fsp3) is 0.562. The summed E-state index contributed by atoms with van der Waals surface area (Å²) in [5.41, 5.74) is 1.86. The number of benzene rings is 1. The minimum absolute atomic E-state index is 0.127. The van der Waals surface area contributed by atoms with Crippen molar-refractivity contribution < 1.29 is 9.90 Å². The molecule has 3 nitrogen and oxygen atoms in total. The van der Waals surface area contributed by atoms with Crippen LogP contribution >= 0.6 is 0 Å². The maximum Gasteiger partial charge on any atom is 0.251 e. The van der Waals surface area contributed by atoms with E-state index in [9.17, 15) is 9.90 Å². The minimum Gasteiger partial charge on any atom is -0.391 e. The van der Waals surface area contributed by atoms with Crippen molar-refractivity contribution in [3.8, 4) is 0 Å². The van der Waals surface area contributed by atoms with Crippen molar-refractivity contribution in [3.63, 3.8) is 0 Å². The topological polar surface area (TPSA) is 49.3 Å². The van der Waals surface area contributed by atoms with E-state index in [-0.39, 0.29) is 11.8 Å². The number of hydrogen-bond acceptors (Lipinski definition) is 2. The van der Waals surface area contributed by atoms with Gasteiger partial charge in [-0.1, -0.05) is 46.2 Å². The van der Waals surface area contributed by atoms with Gasteiger partial charge in [0.15, 0.2) is 0 Å². The van der Waals surface area contributed by atoms with Crippen molar-refractivity contribution in [2.45, 2.75) is 46.1 Å². The molecule has 0 aliphatic heterocycles. The highest BCUT2D eigenvalue weighted by atomic mass is 16.3. The van der Waals surface area contributed by atoms with Gasteiger partial charge in [0.2, 0.25) is 0 Å². The zero-order valence-electron chi connectivity index (χ0n) is 12.3. The quantitative estimate of drug-likeness (QED) is 0.829. The van der Waals surface area contributed by atoms with E-state index in [2.05, 4.69) is 19.2 Å². The van der Waals surface area contributed by atoms with Crippen LogP contribution in [0.5, 0.6) is 0 Å². The Bertz CT molecular complexity index is 398. The Kier molecular flexibility index (Phi) is 6.03. The summed E-state index contributed by atoms with van der Waals surface area (Å²) >= 11 is 0. The fourth-order valence-electron chi connectivity index (χ4n) is 1.79. The molecular weight excluding hydrogens is 238 g/mol. The standard InChI is InChI=1S/C16H25NO2/c1-5-12(4)15(18)10-17-16(19)14-8-6-13(7-9-14)11(2)3/h6-9,11-12,15,18H,5,10H2,1-4H3,(H,17,19). The van der Waals surface area contributed by atoms with Crippen LogP contribution in [0, 0.1) is 5.92 Å². The summed E-state index contributed by atoms with van der Waals surface area (Å²) in [6.07, 6.45) is 0.420. The summed E-state index contributed by atoms with van der Waals surface area (Å²) in [6, 6.07) is 7.62. The van der Waals surface area contributed by atoms with Crippen LogP contribution in [0.15, 0.2) is 24.3 Å². The zero-order chi connectivity index (χ0) is 14.4. The molecule has 1 aromatic rings. The van der Waals surface area contributed by atoms with Crippen LogP contribution in [0.25, 0.3) is 0 Å². The van der Waals surface area contributed by atoms with E-state index in [4.69, 9.17) is 0 Å². The lowest BCUT2D eigenvalue weighted by Gasteiger charge is -2.17. The van der Waals surface area contributed by atoms with Gasteiger partial charge in [-0.3, -0.25) is 4.79 Å². The van der Waals surface area contributed by atoms with Crippen molar-refractivity contribution >= 4 is 5.91 Å². The van der Waals surface area contributed by atoms with Gasteiger partial charge in [-0.05, 0) is 29.5 Å². The first-order valence-corrected chi connectivity index (χ1v) is 7.01. The number of rotatable bonds is 6. The third kappa shape index (κ3) is 4.67. The van der Waals surface area contributed by atoms with Gasteiger partial charge in [0, 0.05) is 12.1 Å². The largest absolute Gasteiger partial charge is 0.391 e. The second-order valence-electron chi connectivity index (χ2n) is 5.44. The third-order valence-electron chi connectivity index (χ3n) is 3.61. The molecule has 2 N–H and O–H groups in total. The van der Waals surface area contributed by atoms with Crippen LogP contribution in [0.3, 0.4) is 0 Å². The van der Waals surface area contributed by atoms with Crippen molar-refractivity contribution in [2.75, 3.05) is 6.54 Å². The number of hydrogen-bond donors (Lipinski definition) is 2. The molecule has 0 radical (unpaired) electrons. The van der Waals surface area contributed by atoms with Crippen LogP contribution in [0.4, 0.5) is 0 Å². The lowest BCUT2D eigenvalue weighted by Crippen LogP contribution is -2.35. The van der Waals surface area contributed by atoms with Gasteiger partial charge in [0.05, 0.1) is 6.10 Å². The van der Waals surface area contributed by atoms with Gasteiger partial charge < -0.3 is 10.4 Å². The van der Waals surface area contributed by atoms with Crippen molar-refractivity contribution in [1.82, 2.24) is 5.32 Å². The summed E-state index contributed by atoms with van der Waals surface area (Å²) in [5, 5.41) is 12.6. The maximum absolute atomic E-state index is 11.9. The minimum atomic E-state index is -0.483. The molecule has 1 rings (SSSR count). The van der Waals surface area contributed by atoms with E-state index < -0.39 is 6.10 Å². The number of carbonyl (C=O) groups excluding carboxylic acids is 1. The summed E-state index contributed by atoms with van der Waals surface area (Å²) in [5.74, 6) is 0.533. The van der Waals surface area contributed by atoms with E-state index in [1.54, 1.807) is 0 Å². The highest BCUT2D eigenvalue weighted by Crippen LogP contribution is 2.14. The molecule has 0 saturated carbocycles. The first kappa shape index (κ1) is 15.7. The SMILES string of the molecule is CCC(C)C(O)CNC(=O)c1ccc(C(C)C)cc1. The van der Waals surface area contributed by atoms with Crippen molar-refractivity contribution in [2.24, 2.45) is 5.92 Å². The summed E-state index contributed by atoms with van der Waals surface area (Å²) in [6.45, 7) is 8.56. The normalized spacial score (nSPS) is 14.2. The number of aliphatic hydroxyl groups is 1. The molecule has 1 aromatic carbocycles. The van der Waals surface area contributed by atoms with Crippen LogP contribution < -0.4 is 5.32 Å². The Labute approximate surface area is 116 Å². The molecule has 2 unspecified atom stereocenters. The van der Waals surface area contributed by atoms with E-state index >= 15 is 0 Å². The molecule has 0 fully saturated rings. The molecule has 19 heavy (non-hydrogen) atoms. The number of carbonyl (C=O) groups is 1. The Morgan fingerprint density at radius 3 is 2.26 bits per heavy atom. The van der Waals surface area contributed by atoms with E-state index in [0.717, 1.165) is 6.42 Å². The van der Waals surface area contributed by atoms with Gasteiger partial charge in [-0.25, -0.2) is 0 Å². The molecule has 0 bridgehead atoms. The van der Waals surface area contributed by atoms with Gasteiger partial charge in [0.25, 0.3) is 5.91 Å². The first-order valence-electron chi connectivity index (χ1n) is 7.01. The van der Waals surface area contributed by atoms with Crippen molar-refractivity contribution in [3.05, 3.63) is 35.4 Å². The van der Waals surface area contributed by atoms with Crippen LogP contribution in [0.2, 0.25) is 0 Å². The molecule has 2 atom stereocenters. The number of aliphatic hydroxyl groups excluding tert-OH is 1. The second-order valence-corrected chi connectivity index (χ2v) is 5.44. The molecule has 0 heterocycles. The number of nitrogens with one attached hydrogen (secondary N) is 1. The smallest absolute Gasteiger partial charge is 0.251 e. The molecule has 106 valence electrons. The molecule has 0 saturated heterocycles. The summed E-state index contributed by atoms with van der Waals surface area (Å²) < 4.78 is 0. The third-order valence-corrected chi connectivity index (χ3v) is 3.61. The summed E-state index contributed by atoms with van der Waals surface area (Å²) in [7, 11) is 0. The van der Waals surface area contributed by atoms with Gasteiger partial charge >= 0.3 is 0 Å². The van der Waals surface area contributed by atoms with Gasteiger partial charge in [-0.15, -0.1) is 0 Å². The Balaban J connectivity index is 2.54. The number of amides is 1. The molecule has 1 amide bonds. The van der Waals surface area contributed by atoms with Crippen LogP contribution in [-0.2, 0) is 0 Å². The van der Waals surface area contributed by atoms with Gasteiger partial charge in [0.1, 0.15) is 0 Å². The lowest BCUT2D eigenvalue weighted by molar-refractivity contribution is 0.0850. The molecule has 0 aliphatic rings. The molecule has 0 aromatic heterocycles. The van der Waals surface area contributed by atoms with Crippen molar-refractivity contribution in [1.29, 1.82) is 0 Å². The molecule has 0 aliphatic carbocycles. The fourth-order valence-corrected chi connectivity index (χ4v) is 1.79. The predicted octanol–water partition coefficient (Wildman–Crippen LogP) is 2.95. The highest BCUT2D eigenvalue weighted by molar-refractivity contribution is 5.94. The van der Waals surface area contributed by atoms with Crippen LogP contribution in [-0.4, -0.2) is 23.7 Å². The predicted molar refractivity (Wildman–Crippen MR) is 78.3 cm³/mol. The monoisotopic (exact) mass is 263 g/mol. The Morgan fingerprint density at radius 2 is 1.79 bits per heavy atom. The van der Waals surface area contributed by atoms with E-state index in [1.807, 2.05) is 38.1 Å².